The van der Waals surface area contributed by atoms with Gasteiger partial charge in [-0.2, -0.15) is 0 Å². The SMILES string of the molecule is CNc1ccc(C(=O)NCCS(=O)(=O)CCO)cc1. The zero-order valence-corrected chi connectivity index (χ0v) is 11.5. The van der Waals surface area contributed by atoms with Gasteiger partial charge in [-0.1, -0.05) is 0 Å². The Morgan fingerprint density at radius 1 is 1.21 bits per heavy atom. The van der Waals surface area contributed by atoms with E-state index in [0.717, 1.165) is 5.69 Å². The molecule has 0 saturated carbocycles. The van der Waals surface area contributed by atoms with E-state index in [1.807, 2.05) is 0 Å². The van der Waals surface area contributed by atoms with Gasteiger partial charge in [-0.25, -0.2) is 8.42 Å². The van der Waals surface area contributed by atoms with Crippen LogP contribution in [-0.4, -0.2) is 51.1 Å². The number of carbonyl (C=O) groups is 1. The van der Waals surface area contributed by atoms with Crippen LogP contribution in [0, 0.1) is 0 Å². The number of hydrogen-bond donors (Lipinski definition) is 3. The largest absolute Gasteiger partial charge is 0.395 e. The van der Waals surface area contributed by atoms with E-state index in [1.54, 1.807) is 31.3 Å². The Hall–Kier alpha value is -1.60. The van der Waals surface area contributed by atoms with Gasteiger partial charge in [0, 0.05) is 24.8 Å². The average molecular weight is 286 g/mol. The third kappa shape index (κ3) is 5.27. The first-order valence-corrected chi connectivity index (χ1v) is 7.68. The van der Waals surface area contributed by atoms with E-state index in [0.29, 0.717) is 5.56 Å². The van der Waals surface area contributed by atoms with Gasteiger partial charge in [-0.05, 0) is 24.3 Å². The lowest BCUT2D eigenvalue weighted by atomic mass is 10.2. The second kappa shape index (κ2) is 7.10. The van der Waals surface area contributed by atoms with Crippen LogP contribution < -0.4 is 10.6 Å². The van der Waals surface area contributed by atoms with Crippen molar-refractivity contribution in [2.24, 2.45) is 0 Å². The molecule has 6 nitrogen and oxygen atoms in total. The van der Waals surface area contributed by atoms with Crippen LogP contribution in [0.3, 0.4) is 0 Å². The number of nitrogens with one attached hydrogen (secondary N) is 2. The number of sulfone groups is 1. The highest BCUT2D eigenvalue weighted by molar-refractivity contribution is 7.91. The Bertz CT molecular complexity index is 511. The Kier molecular flexibility index (Phi) is 5.78. The maximum absolute atomic E-state index is 11.7. The number of amides is 1. The fourth-order valence-electron chi connectivity index (χ4n) is 1.45. The van der Waals surface area contributed by atoms with Crippen molar-refractivity contribution in [2.45, 2.75) is 0 Å². The summed E-state index contributed by atoms with van der Waals surface area (Å²) < 4.78 is 22.6. The van der Waals surface area contributed by atoms with Gasteiger partial charge in [-0.15, -0.1) is 0 Å². The molecule has 0 radical (unpaired) electrons. The highest BCUT2D eigenvalue weighted by Gasteiger charge is 2.11. The zero-order valence-electron chi connectivity index (χ0n) is 10.7. The second-order valence-electron chi connectivity index (χ2n) is 3.96. The zero-order chi connectivity index (χ0) is 14.3. The van der Waals surface area contributed by atoms with Gasteiger partial charge in [0.2, 0.25) is 0 Å². The van der Waals surface area contributed by atoms with Gasteiger partial charge in [0.25, 0.3) is 5.91 Å². The molecule has 1 aromatic rings. The van der Waals surface area contributed by atoms with E-state index >= 15 is 0 Å². The van der Waals surface area contributed by atoms with Crippen LogP contribution in [0.5, 0.6) is 0 Å². The molecule has 0 aliphatic carbocycles. The van der Waals surface area contributed by atoms with E-state index in [2.05, 4.69) is 10.6 Å². The van der Waals surface area contributed by atoms with Crippen LogP contribution in [0.2, 0.25) is 0 Å². The van der Waals surface area contributed by atoms with Gasteiger partial charge in [-0.3, -0.25) is 4.79 Å². The Morgan fingerprint density at radius 2 is 1.84 bits per heavy atom. The van der Waals surface area contributed by atoms with E-state index in [9.17, 15) is 13.2 Å². The highest BCUT2D eigenvalue weighted by atomic mass is 32.2. The predicted octanol–water partition coefficient (Wildman–Crippen LogP) is -0.135. The highest BCUT2D eigenvalue weighted by Crippen LogP contribution is 2.08. The Labute approximate surface area is 112 Å². The molecule has 19 heavy (non-hydrogen) atoms. The maximum atomic E-state index is 11.7. The fourth-order valence-corrected chi connectivity index (χ4v) is 2.35. The number of carbonyl (C=O) groups excluding carboxylic acids is 1. The molecule has 3 N–H and O–H groups in total. The van der Waals surface area contributed by atoms with Crippen LogP contribution in [0.1, 0.15) is 10.4 Å². The minimum Gasteiger partial charge on any atom is -0.395 e. The first kappa shape index (κ1) is 15.5. The lowest BCUT2D eigenvalue weighted by molar-refractivity contribution is 0.0956. The number of benzene rings is 1. The molecular weight excluding hydrogens is 268 g/mol. The van der Waals surface area contributed by atoms with Gasteiger partial charge < -0.3 is 15.7 Å². The monoisotopic (exact) mass is 286 g/mol. The molecule has 0 saturated heterocycles. The molecule has 0 spiro atoms. The predicted molar refractivity (Wildman–Crippen MR) is 74.1 cm³/mol. The van der Waals surface area contributed by atoms with Crippen LogP contribution in [0.4, 0.5) is 5.69 Å². The summed E-state index contributed by atoms with van der Waals surface area (Å²) in [5.41, 5.74) is 1.36. The molecule has 0 aromatic heterocycles. The topological polar surface area (TPSA) is 95.5 Å². The summed E-state index contributed by atoms with van der Waals surface area (Å²) in [6.07, 6.45) is 0. The standard InChI is InChI=1S/C12H18N2O4S/c1-13-11-4-2-10(3-5-11)12(16)14-6-8-19(17,18)9-7-15/h2-5,13,15H,6-9H2,1H3,(H,14,16). The minimum absolute atomic E-state index is 0.0367. The minimum atomic E-state index is -3.29. The molecular formula is C12H18N2O4S. The molecule has 0 fully saturated rings. The van der Waals surface area contributed by atoms with Crippen LogP contribution in [-0.2, 0) is 9.84 Å². The molecule has 1 amide bonds. The molecule has 106 valence electrons. The van der Waals surface area contributed by atoms with Gasteiger partial charge in [0.1, 0.15) is 0 Å². The molecule has 0 aliphatic heterocycles. The molecule has 7 heteroatoms. The van der Waals surface area contributed by atoms with Crippen molar-refractivity contribution in [2.75, 3.05) is 37.0 Å². The number of anilines is 1. The van der Waals surface area contributed by atoms with E-state index < -0.39 is 16.4 Å². The quantitative estimate of drug-likeness (QED) is 0.649. The van der Waals surface area contributed by atoms with E-state index in [1.165, 1.54) is 0 Å². The molecule has 0 aliphatic rings. The summed E-state index contributed by atoms with van der Waals surface area (Å²) in [7, 11) is -1.52. The summed E-state index contributed by atoms with van der Waals surface area (Å²) in [5.74, 6) is -0.768. The molecule has 1 rings (SSSR count). The third-order valence-corrected chi connectivity index (χ3v) is 4.17. The van der Waals surface area contributed by atoms with Gasteiger partial charge in [0.05, 0.1) is 18.1 Å². The van der Waals surface area contributed by atoms with Crippen LogP contribution in [0.15, 0.2) is 24.3 Å². The van der Waals surface area contributed by atoms with Crippen molar-refractivity contribution < 1.29 is 18.3 Å². The summed E-state index contributed by atoms with van der Waals surface area (Å²) in [6.45, 7) is -0.364. The van der Waals surface area contributed by atoms with Crippen molar-refractivity contribution >= 4 is 21.4 Å². The molecule has 0 bridgehead atoms. The average Bonchev–Trinajstić information content (AvgIpc) is 2.38. The number of aliphatic hydroxyl groups excluding tert-OH is 1. The van der Waals surface area contributed by atoms with Gasteiger partial charge in [0.15, 0.2) is 9.84 Å². The third-order valence-electron chi connectivity index (χ3n) is 2.54. The molecule has 0 unspecified atom stereocenters. The first-order chi connectivity index (χ1) is 8.98. The molecule has 0 atom stereocenters. The Morgan fingerprint density at radius 3 is 2.37 bits per heavy atom. The number of rotatable bonds is 7. The summed E-state index contributed by atoms with van der Waals surface area (Å²) >= 11 is 0. The van der Waals surface area contributed by atoms with Gasteiger partial charge >= 0.3 is 0 Å². The normalized spacial score (nSPS) is 11.1. The maximum Gasteiger partial charge on any atom is 0.251 e. The summed E-state index contributed by atoms with van der Waals surface area (Å²) in [5, 5.41) is 14.0. The van der Waals surface area contributed by atoms with Crippen molar-refractivity contribution in [3.8, 4) is 0 Å². The van der Waals surface area contributed by atoms with Crippen LogP contribution >= 0.6 is 0 Å². The Balaban J connectivity index is 2.47. The van der Waals surface area contributed by atoms with Crippen molar-refractivity contribution in [3.05, 3.63) is 29.8 Å². The molecule has 1 aromatic carbocycles. The summed E-state index contributed by atoms with van der Waals surface area (Å²) in [6, 6.07) is 6.83. The lowest BCUT2D eigenvalue weighted by Crippen LogP contribution is -2.30. The van der Waals surface area contributed by atoms with Crippen molar-refractivity contribution in [3.63, 3.8) is 0 Å². The van der Waals surface area contributed by atoms with E-state index in [4.69, 9.17) is 5.11 Å². The second-order valence-corrected chi connectivity index (χ2v) is 6.26. The first-order valence-electron chi connectivity index (χ1n) is 5.86. The van der Waals surface area contributed by atoms with Crippen LogP contribution in [0.25, 0.3) is 0 Å². The smallest absolute Gasteiger partial charge is 0.251 e. The number of hydrogen-bond acceptors (Lipinski definition) is 5. The van der Waals surface area contributed by atoms with Crippen molar-refractivity contribution in [1.82, 2.24) is 5.32 Å². The number of aliphatic hydroxyl groups is 1. The fraction of sp³-hybridized carbons (Fsp3) is 0.417. The van der Waals surface area contributed by atoms with Crippen molar-refractivity contribution in [1.29, 1.82) is 0 Å². The summed E-state index contributed by atoms with van der Waals surface area (Å²) in [4.78, 5) is 11.7. The lowest BCUT2D eigenvalue weighted by Gasteiger charge is -2.06. The van der Waals surface area contributed by atoms with E-state index in [-0.39, 0.29) is 24.0 Å². The molecule has 0 heterocycles.